The van der Waals surface area contributed by atoms with Gasteiger partial charge in [-0.3, -0.25) is 4.79 Å². The van der Waals surface area contributed by atoms with Crippen LogP contribution in [0.4, 0.5) is 22.0 Å². The molecule has 2 fully saturated rings. The van der Waals surface area contributed by atoms with E-state index in [1.807, 2.05) is 13.8 Å². The maximum atomic E-state index is 12.4. The number of halogens is 5. The number of carbonyl (C=O) groups is 1. The molecule has 0 aromatic heterocycles. The largest absolute Gasteiger partial charge is 0.485 e. The van der Waals surface area contributed by atoms with Gasteiger partial charge in [0.25, 0.3) is 6.43 Å². The minimum Gasteiger partial charge on any atom is -0.485 e. The Bertz CT molecular complexity index is 732. The molecule has 0 saturated heterocycles. The number of alkyl halides is 5. The van der Waals surface area contributed by atoms with Crippen LogP contribution < -0.4 is 0 Å². The number of hydrogen-bond acceptors (Lipinski definition) is 3. The van der Waals surface area contributed by atoms with Crippen molar-refractivity contribution < 1.29 is 36.2 Å². The molecule has 0 heterocycles. The minimum atomic E-state index is -4.34. The summed E-state index contributed by atoms with van der Waals surface area (Å²) in [5.41, 5.74) is 0.796. The van der Waals surface area contributed by atoms with E-state index >= 15 is 0 Å². The number of rotatable bonds is 9. The molecule has 0 radical (unpaired) electrons. The zero-order valence-electron chi connectivity index (χ0n) is 21.6. The van der Waals surface area contributed by atoms with Crippen molar-refractivity contribution in [2.45, 2.75) is 91.8 Å². The van der Waals surface area contributed by atoms with E-state index in [1.165, 1.54) is 0 Å². The lowest BCUT2D eigenvalue weighted by molar-refractivity contribution is -0.205. The maximum Gasteiger partial charge on any atom is 0.425 e. The molecular formula is C27H41F5O3. The van der Waals surface area contributed by atoms with E-state index in [-0.39, 0.29) is 17.3 Å². The Hall–Kier alpha value is -1.70. The molecule has 0 aromatic carbocycles. The highest BCUT2D eigenvalue weighted by Gasteiger charge is 2.47. The second-order valence-corrected chi connectivity index (χ2v) is 10.1. The van der Waals surface area contributed by atoms with Crippen LogP contribution in [0, 0.1) is 23.2 Å². The Balaban J connectivity index is 0.000000351. The highest BCUT2D eigenvalue weighted by atomic mass is 19.4. The molecule has 2 saturated carbocycles. The molecule has 2 rings (SSSR count). The molecule has 0 amide bonds. The van der Waals surface area contributed by atoms with Crippen molar-refractivity contribution in [3.8, 4) is 0 Å². The molecule has 202 valence electrons. The Morgan fingerprint density at radius 3 is 2.11 bits per heavy atom. The summed E-state index contributed by atoms with van der Waals surface area (Å²) in [6, 6.07) is 0. The summed E-state index contributed by atoms with van der Waals surface area (Å²) in [7, 11) is 0. The predicted octanol–water partition coefficient (Wildman–Crippen LogP) is 8.07. The summed E-state index contributed by atoms with van der Waals surface area (Å²) in [5.74, 6) is 1.23. The van der Waals surface area contributed by atoms with Gasteiger partial charge in [-0.15, -0.1) is 0 Å². The molecule has 2 atom stereocenters. The zero-order chi connectivity index (χ0) is 26.8. The molecule has 0 N–H and O–H groups in total. The second-order valence-electron chi connectivity index (χ2n) is 10.1. The third-order valence-corrected chi connectivity index (χ3v) is 6.86. The molecule has 1 unspecified atom stereocenters. The molecule has 0 bridgehead atoms. The monoisotopic (exact) mass is 508 g/mol. The van der Waals surface area contributed by atoms with Crippen LogP contribution in [-0.2, 0) is 14.3 Å². The van der Waals surface area contributed by atoms with Gasteiger partial charge < -0.3 is 9.47 Å². The number of carbonyl (C=O) groups excluding carboxylic acids is 1. The lowest BCUT2D eigenvalue weighted by Crippen LogP contribution is -2.34. The first-order valence-electron chi connectivity index (χ1n) is 12.4. The van der Waals surface area contributed by atoms with Crippen molar-refractivity contribution >= 4 is 5.78 Å². The van der Waals surface area contributed by atoms with Gasteiger partial charge in [0.05, 0.1) is 5.76 Å². The van der Waals surface area contributed by atoms with Crippen LogP contribution in [0.5, 0.6) is 0 Å². The molecule has 0 aliphatic heterocycles. The first kappa shape index (κ1) is 31.3. The van der Waals surface area contributed by atoms with E-state index in [2.05, 4.69) is 6.58 Å². The topological polar surface area (TPSA) is 35.5 Å². The Morgan fingerprint density at radius 2 is 1.69 bits per heavy atom. The summed E-state index contributed by atoms with van der Waals surface area (Å²) in [4.78, 5) is 12.2. The maximum absolute atomic E-state index is 12.4. The fraction of sp³-hybridized carbons (Fsp3) is 0.741. The minimum absolute atomic E-state index is 0.0708. The average Bonchev–Trinajstić information content (AvgIpc) is 3.05. The standard InChI is InChI=1S/C14H22F2O2.C13H19F3O/c1-10-2-5-14(13(10)17)6-3-11(4-7-14)8-18-9-12(15)16;1-6-10(4)7-8-12(9(2)3)17-11(5)13(14,15)16/h10-12H,2-9H2,1H3;6-9,11H,1H2,2-5H3/b;10-7-,12-8+/t;11-/m.1/s1. The Labute approximate surface area is 206 Å². The highest BCUT2D eigenvalue weighted by Crippen LogP contribution is 2.49. The van der Waals surface area contributed by atoms with Crippen molar-refractivity contribution in [1.29, 1.82) is 0 Å². The van der Waals surface area contributed by atoms with Gasteiger partial charge in [-0.25, -0.2) is 8.78 Å². The SMILES string of the molecule is C=C/C(C)=C\C=C(\O[C@H](C)C(F)(F)F)C(C)C.CC1CCC2(CCC(COCC(F)F)CC2)C1=O. The number of ether oxygens (including phenoxy) is 2. The number of ketones is 1. The highest BCUT2D eigenvalue weighted by molar-refractivity contribution is 5.88. The third-order valence-electron chi connectivity index (χ3n) is 6.86. The van der Waals surface area contributed by atoms with Gasteiger partial charge >= 0.3 is 6.18 Å². The van der Waals surface area contributed by atoms with Crippen LogP contribution in [0.25, 0.3) is 0 Å². The summed E-state index contributed by atoms with van der Waals surface area (Å²) < 4.78 is 70.9. The molecule has 8 heteroatoms. The van der Waals surface area contributed by atoms with Gasteiger partial charge in [-0.05, 0) is 64.4 Å². The number of Topliss-reactive ketones (excluding diaryl/α,β-unsaturated/α-hetero) is 1. The Morgan fingerprint density at radius 1 is 1.11 bits per heavy atom. The summed E-state index contributed by atoms with van der Waals surface area (Å²) in [6.45, 7) is 11.9. The zero-order valence-corrected chi connectivity index (χ0v) is 21.6. The predicted molar refractivity (Wildman–Crippen MR) is 128 cm³/mol. The van der Waals surface area contributed by atoms with Gasteiger partial charge in [0, 0.05) is 23.9 Å². The van der Waals surface area contributed by atoms with Crippen LogP contribution >= 0.6 is 0 Å². The first-order valence-corrected chi connectivity index (χ1v) is 12.4. The molecule has 2 aliphatic carbocycles. The van der Waals surface area contributed by atoms with Gasteiger partial charge in [0.1, 0.15) is 12.4 Å². The van der Waals surface area contributed by atoms with E-state index < -0.39 is 25.3 Å². The average molecular weight is 509 g/mol. The van der Waals surface area contributed by atoms with Gasteiger partial charge in [-0.2, -0.15) is 13.2 Å². The van der Waals surface area contributed by atoms with Gasteiger partial charge in [0.2, 0.25) is 0 Å². The first-order chi connectivity index (χ1) is 16.2. The van der Waals surface area contributed by atoms with Crippen LogP contribution in [-0.4, -0.2) is 37.7 Å². The van der Waals surface area contributed by atoms with Crippen molar-refractivity contribution in [3.63, 3.8) is 0 Å². The van der Waals surface area contributed by atoms with Gasteiger partial charge in [0.15, 0.2) is 6.10 Å². The van der Waals surface area contributed by atoms with Crippen LogP contribution in [0.1, 0.15) is 73.1 Å². The Kier molecular flexibility index (Phi) is 12.7. The molecule has 3 nitrogen and oxygen atoms in total. The fourth-order valence-corrected chi connectivity index (χ4v) is 4.41. The van der Waals surface area contributed by atoms with Crippen LogP contribution in [0.15, 0.2) is 36.1 Å². The van der Waals surface area contributed by atoms with E-state index in [9.17, 15) is 26.7 Å². The molecule has 35 heavy (non-hydrogen) atoms. The smallest absolute Gasteiger partial charge is 0.425 e. The number of hydrogen-bond donors (Lipinski definition) is 0. The van der Waals surface area contributed by atoms with Crippen molar-refractivity contribution in [2.75, 3.05) is 13.2 Å². The summed E-state index contributed by atoms with van der Waals surface area (Å²) in [5, 5.41) is 0. The van der Waals surface area contributed by atoms with Gasteiger partial charge in [-0.1, -0.05) is 45.1 Å². The molecule has 0 aromatic rings. The lowest BCUT2D eigenvalue weighted by atomic mass is 9.68. The molecule has 1 spiro atoms. The van der Waals surface area contributed by atoms with Crippen LogP contribution in [0.2, 0.25) is 0 Å². The molecule has 2 aliphatic rings. The van der Waals surface area contributed by atoms with Crippen molar-refractivity contribution in [3.05, 3.63) is 36.1 Å². The van der Waals surface area contributed by atoms with Crippen LogP contribution in [0.3, 0.4) is 0 Å². The van der Waals surface area contributed by atoms with E-state index in [4.69, 9.17) is 9.47 Å². The second kappa shape index (κ2) is 14.1. The fourth-order valence-electron chi connectivity index (χ4n) is 4.41. The van der Waals surface area contributed by atoms with Crippen molar-refractivity contribution in [2.24, 2.45) is 23.2 Å². The normalized spacial score (nSPS) is 26.7. The molecular weight excluding hydrogens is 467 g/mol. The quantitative estimate of drug-likeness (QED) is 0.179. The van der Waals surface area contributed by atoms with Crippen molar-refractivity contribution in [1.82, 2.24) is 0 Å². The number of allylic oxidation sites excluding steroid dienone is 5. The summed E-state index contributed by atoms with van der Waals surface area (Å²) >= 11 is 0. The van der Waals surface area contributed by atoms with E-state index in [0.717, 1.165) is 51.0 Å². The summed E-state index contributed by atoms with van der Waals surface area (Å²) in [6.07, 6.45) is 2.15. The lowest BCUT2D eigenvalue weighted by Gasteiger charge is -2.36. The third kappa shape index (κ3) is 10.4. The van der Waals surface area contributed by atoms with E-state index in [0.29, 0.717) is 24.1 Å². The van der Waals surface area contributed by atoms with E-state index in [1.54, 1.807) is 32.1 Å².